The van der Waals surface area contributed by atoms with Gasteiger partial charge in [-0.05, 0) is 29.7 Å². The third-order valence-corrected chi connectivity index (χ3v) is 4.99. The third kappa shape index (κ3) is 4.20. The zero-order valence-corrected chi connectivity index (χ0v) is 13.5. The second kappa shape index (κ2) is 6.93. The lowest BCUT2D eigenvalue weighted by Gasteiger charge is -2.36. The van der Waals surface area contributed by atoms with Gasteiger partial charge in [0.15, 0.2) is 5.78 Å². The third-order valence-electron chi connectivity index (χ3n) is 4.99. The Bertz CT molecular complexity index is 502. The number of benzene rings is 1. The second-order valence-electron chi connectivity index (χ2n) is 6.74. The van der Waals surface area contributed by atoms with Gasteiger partial charge in [-0.25, -0.2) is 0 Å². The van der Waals surface area contributed by atoms with Crippen molar-refractivity contribution < 1.29 is 4.79 Å². The molecule has 1 aliphatic rings. The smallest absolute Gasteiger partial charge is 0.160 e. The van der Waals surface area contributed by atoms with Crippen molar-refractivity contribution in [3.8, 4) is 0 Å². The molecule has 1 atom stereocenters. The summed E-state index contributed by atoms with van der Waals surface area (Å²) in [7, 11) is 0. The number of hydrogen-bond donors (Lipinski definition) is 1. The van der Waals surface area contributed by atoms with Crippen molar-refractivity contribution >= 4 is 5.78 Å². The predicted molar refractivity (Wildman–Crippen MR) is 87.8 cm³/mol. The van der Waals surface area contributed by atoms with Crippen molar-refractivity contribution in [1.82, 2.24) is 5.32 Å². The molecule has 0 bridgehead atoms. The standard InChI is InChI=1S/C19H27NO/c1-4-19(2,3)17-10-11-18(21)16(12-17)14-20-13-15-8-6-5-7-9-15/h5-9,14,17,20H,4,10-13H2,1-3H3/b16-14+/t17-/m1/s1. The first-order valence-electron chi connectivity index (χ1n) is 8.02. The number of carbonyl (C=O) groups is 1. The number of allylic oxidation sites excluding steroid dienone is 1. The van der Waals surface area contributed by atoms with Gasteiger partial charge in [-0.15, -0.1) is 0 Å². The largest absolute Gasteiger partial charge is 0.386 e. The minimum absolute atomic E-state index is 0.318. The molecule has 2 nitrogen and oxygen atoms in total. The number of ketones is 1. The van der Waals surface area contributed by atoms with Crippen LogP contribution in [0.25, 0.3) is 0 Å². The van der Waals surface area contributed by atoms with Crippen LogP contribution in [0.4, 0.5) is 0 Å². The van der Waals surface area contributed by atoms with Crippen LogP contribution in [-0.2, 0) is 11.3 Å². The zero-order chi connectivity index (χ0) is 15.3. The van der Waals surface area contributed by atoms with Crippen molar-refractivity contribution in [3.05, 3.63) is 47.7 Å². The molecule has 1 saturated carbocycles. The van der Waals surface area contributed by atoms with Gasteiger partial charge < -0.3 is 5.32 Å². The average molecular weight is 285 g/mol. The van der Waals surface area contributed by atoms with Crippen LogP contribution >= 0.6 is 0 Å². The molecule has 1 aromatic rings. The quantitative estimate of drug-likeness (QED) is 0.809. The minimum Gasteiger partial charge on any atom is -0.386 e. The molecule has 21 heavy (non-hydrogen) atoms. The van der Waals surface area contributed by atoms with Gasteiger partial charge in [0, 0.05) is 24.7 Å². The highest BCUT2D eigenvalue weighted by atomic mass is 16.1. The van der Waals surface area contributed by atoms with Crippen LogP contribution in [0.3, 0.4) is 0 Å². The Kier molecular flexibility index (Phi) is 5.22. The minimum atomic E-state index is 0.318. The molecule has 0 radical (unpaired) electrons. The van der Waals surface area contributed by atoms with E-state index in [0.717, 1.165) is 31.4 Å². The zero-order valence-electron chi connectivity index (χ0n) is 13.5. The Labute approximate surface area is 128 Å². The lowest BCUT2D eigenvalue weighted by atomic mass is 9.68. The van der Waals surface area contributed by atoms with Crippen molar-refractivity contribution in [1.29, 1.82) is 0 Å². The number of hydrogen-bond acceptors (Lipinski definition) is 2. The highest BCUT2D eigenvalue weighted by Crippen LogP contribution is 2.40. The summed E-state index contributed by atoms with van der Waals surface area (Å²) in [5.74, 6) is 0.934. The van der Waals surface area contributed by atoms with Crippen LogP contribution in [0.5, 0.6) is 0 Å². The van der Waals surface area contributed by atoms with Gasteiger partial charge >= 0.3 is 0 Å². The maximum atomic E-state index is 12.1. The molecular formula is C19H27NO. The Morgan fingerprint density at radius 2 is 2.00 bits per heavy atom. The molecule has 1 aromatic carbocycles. The van der Waals surface area contributed by atoms with Gasteiger partial charge in [0.2, 0.25) is 0 Å². The molecule has 0 unspecified atom stereocenters. The summed E-state index contributed by atoms with van der Waals surface area (Å²) in [5, 5.41) is 3.31. The van der Waals surface area contributed by atoms with Crippen LogP contribution in [-0.4, -0.2) is 5.78 Å². The number of Topliss-reactive ketones (excluding diaryl/α,β-unsaturated/α-hetero) is 1. The van der Waals surface area contributed by atoms with E-state index in [1.807, 2.05) is 24.4 Å². The summed E-state index contributed by atoms with van der Waals surface area (Å²) < 4.78 is 0. The Morgan fingerprint density at radius 3 is 2.67 bits per heavy atom. The van der Waals surface area contributed by atoms with Gasteiger partial charge in [-0.3, -0.25) is 4.79 Å². The fraction of sp³-hybridized carbons (Fsp3) is 0.526. The van der Waals surface area contributed by atoms with Crippen molar-refractivity contribution in [2.75, 3.05) is 0 Å². The maximum absolute atomic E-state index is 12.1. The first kappa shape index (κ1) is 15.8. The molecular weight excluding hydrogens is 258 g/mol. The lowest BCUT2D eigenvalue weighted by Crippen LogP contribution is -2.30. The molecule has 1 aliphatic carbocycles. The van der Waals surface area contributed by atoms with E-state index >= 15 is 0 Å². The SMILES string of the molecule is CCC(C)(C)[C@@H]1CCC(=O)/C(=C/NCc2ccccc2)C1. The monoisotopic (exact) mass is 285 g/mol. The fourth-order valence-electron chi connectivity index (χ4n) is 2.93. The molecule has 2 heteroatoms. The molecule has 0 saturated heterocycles. The summed E-state index contributed by atoms with van der Waals surface area (Å²) in [6, 6.07) is 10.3. The molecule has 0 aliphatic heterocycles. The van der Waals surface area contributed by atoms with Crippen LogP contribution in [0.2, 0.25) is 0 Å². The van der Waals surface area contributed by atoms with Crippen LogP contribution in [0.1, 0.15) is 52.0 Å². The first-order chi connectivity index (χ1) is 10.0. The van der Waals surface area contributed by atoms with Crippen LogP contribution in [0.15, 0.2) is 42.1 Å². The molecule has 114 valence electrons. The van der Waals surface area contributed by atoms with Crippen molar-refractivity contribution in [2.24, 2.45) is 11.3 Å². The van der Waals surface area contributed by atoms with Crippen LogP contribution in [0, 0.1) is 11.3 Å². The topological polar surface area (TPSA) is 29.1 Å². The Balaban J connectivity index is 1.97. The summed E-state index contributed by atoms with van der Waals surface area (Å²) in [4.78, 5) is 12.1. The van der Waals surface area contributed by atoms with E-state index in [2.05, 4.69) is 38.2 Å². The molecule has 1 N–H and O–H groups in total. The molecule has 1 fully saturated rings. The van der Waals surface area contributed by atoms with E-state index in [0.29, 0.717) is 23.5 Å². The fourth-order valence-corrected chi connectivity index (χ4v) is 2.93. The van der Waals surface area contributed by atoms with Gasteiger partial charge in [0.25, 0.3) is 0 Å². The van der Waals surface area contributed by atoms with Gasteiger partial charge in [0.1, 0.15) is 0 Å². The molecule has 0 aromatic heterocycles. The van der Waals surface area contributed by atoms with Crippen molar-refractivity contribution in [3.63, 3.8) is 0 Å². The number of rotatable bonds is 5. The summed E-state index contributed by atoms with van der Waals surface area (Å²) in [6.45, 7) is 7.66. The Hall–Kier alpha value is -1.57. The van der Waals surface area contributed by atoms with E-state index in [-0.39, 0.29) is 0 Å². The molecule has 0 amide bonds. The van der Waals surface area contributed by atoms with Crippen molar-refractivity contribution in [2.45, 2.75) is 53.0 Å². The molecule has 0 spiro atoms. The number of carbonyl (C=O) groups excluding carboxylic acids is 1. The highest BCUT2D eigenvalue weighted by molar-refractivity contribution is 5.96. The molecule has 0 heterocycles. The first-order valence-corrected chi connectivity index (χ1v) is 8.02. The summed E-state index contributed by atoms with van der Waals surface area (Å²) in [6.07, 6.45) is 5.77. The summed E-state index contributed by atoms with van der Waals surface area (Å²) >= 11 is 0. The van der Waals surface area contributed by atoms with E-state index in [1.165, 1.54) is 5.56 Å². The predicted octanol–water partition coefficient (Wildman–Crippen LogP) is 4.47. The highest BCUT2D eigenvalue weighted by Gasteiger charge is 2.33. The normalized spacial score (nSPS) is 21.6. The lowest BCUT2D eigenvalue weighted by molar-refractivity contribution is -0.117. The van der Waals surface area contributed by atoms with Gasteiger partial charge in [-0.1, -0.05) is 57.5 Å². The van der Waals surface area contributed by atoms with E-state index < -0.39 is 0 Å². The van der Waals surface area contributed by atoms with Crippen LogP contribution < -0.4 is 5.32 Å². The second-order valence-corrected chi connectivity index (χ2v) is 6.74. The average Bonchev–Trinajstić information content (AvgIpc) is 2.50. The van der Waals surface area contributed by atoms with E-state index in [1.54, 1.807) is 0 Å². The van der Waals surface area contributed by atoms with E-state index in [9.17, 15) is 4.79 Å². The number of nitrogens with one attached hydrogen (secondary N) is 1. The van der Waals surface area contributed by atoms with E-state index in [4.69, 9.17) is 0 Å². The van der Waals surface area contributed by atoms with Gasteiger partial charge in [-0.2, -0.15) is 0 Å². The molecule has 2 rings (SSSR count). The Morgan fingerprint density at radius 1 is 1.29 bits per heavy atom. The summed E-state index contributed by atoms with van der Waals surface area (Å²) in [5.41, 5.74) is 2.53. The van der Waals surface area contributed by atoms with Gasteiger partial charge in [0.05, 0.1) is 0 Å². The maximum Gasteiger partial charge on any atom is 0.160 e.